The highest BCUT2D eigenvalue weighted by molar-refractivity contribution is 4.81. The molecule has 11 heavy (non-hydrogen) atoms. The van der Waals surface area contributed by atoms with Gasteiger partial charge >= 0.3 is 0 Å². The minimum atomic E-state index is -1.11. The predicted octanol–water partition coefficient (Wildman–Crippen LogP) is -2.19. The van der Waals surface area contributed by atoms with Crippen molar-refractivity contribution in [3.8, 4) is 0 Å². The molecule has 0 aromatic carbocycles. The smallest absolute Gasteiger partial charge is 0.157 e. The van der Waals surface area contributed by atoms with E-state index in [4.69, 9.17) is 25.2 Å². The lowest BCUT2D eigenvalue weighted by atomic mass is 10.0. The van der Waals surface area contributed by atoms with Crippen LogP contribution in [0.4, 0.5) is 0 Å². The fourth-order valence-corrected chi connectivity index (χ4v) is 1.08. The molecule has 0 unspecified atom stereocenters. The van der Waals surface area contributed by atoms with Gasteiger partial charge in [0.1, 0.15) is 12.2 Å². The van der Waals surface area contributed by atoms with Crippen molar-refractivity contribution >= 4 is 0 Å². The third-order valence-corrected chi connectivity index (χ3v) is 1.73. The topological polar surface area (TPSA) is 90.2 Å². The van der Waals surface area contributed by atoms with Crippen LogP contribution in [-0.4, -0.2) is 51.6 Å². The first-order valence-corrected chi connectivity index (χ1v) is 3.45. The van der Waals surface area contributed by atoms with Crippen molar-refractivity contribution in [2.45, 2.75) is 31.0 Å². The zero-order chi connectivity index (χ0) is 8.43. The van der Waals surface area contributed by atoms with E-state index in [1.807, 2.05) is 0 Å². The Hall–Kier alpha value is -0.200. The van der Waals surface area contributed by atoms with Gasteiger partial charge in [0, 0.05) is 6.42 Å². The van der Waals surface area contributed by atoms with Crippen LogP contribution >= 0.6 is 0 Å². The summed E-state index contributed by atoms with van der Waals surface area (Å²) < 4.78 is 4.71. The van der Waals surface area contributed by atoms with E-state index in [2.05, 4.69) is 0 Å². The second-order valence-corrected chi connectivity index (χ2v) is 2.61. The molecule has 5 nitrogen and oxygen atoms in total. The average molecular weight is 164 g/mol. The van der Waals surface area contributed by atoms with E-state index >= 15 is 0 Å². The van der Waals surface area contributed by atoms with Gasteiger partial charge in [-0.05, 0) is 0 Å². The van der Waals surface area contributed by atoms with E-state index in [-0.39, 0.29) is 6.42 Å². The Labute approximate surface area is 63.8 Å². The number of aliphatic hydroxyl groups is 4. The van der Waals surface area contributed by atoms with E-state index in [0.717, 1.165) is 0 Å². The van der Waals surface area contributed by atoms with Crippen molar-refractivity contribution in [3.63, 3.8) is 0 Å². The molecule has 1 fully saturated rings. The molecule has 4 atom stereocenters. The Morgan fingerprint density at radius 1 is 1.27 bits per heavy atom. The third-order valence-electron chi connectivity index (χ3n) is 1.73. The summed E-state index contributed by atoms with van der Waals surface area (Å²) in [6.45, 7) is -0.407. The Morgan fingerprint density at radius 2 is 1.91 bits per heavy atom. The molecule has 0 bridgehead atoms. The van der Waals surface area contributed by atoms with Gasteiger partial charge in [-0.1, -0.05) is 0 Å². The average Bonchev–Trinajstić information content (AvgIpc) is 1.96. The first kappa shape index (κ1) is 8.89. The van der Waals surface area contributed by atoms with Crippen LogP contribution in [0.5, 0.6) is 0 Å². The molecule has 1 aliphatic rings. The normalized spacial score (nSPS) is 45.8. The summed E-state index contributed by atoms with van der Waals surface area (Å²) in [6, 6.07) is 0. The quantitative estimate of drug-likeness (QED) is 0.353. The van der Waals surface area contributed by atoms with Crippen molar-refractivity contribution in [3.05, 3.63) is 0 Å². The van der Waals surface area contributed by atoms with Crippen LogP contribution in [0.2, 0.25) is 0 Å². The fraction of sp³-hybridized carbons (Fsp3) is 1.00. The van der Waals surface area contributed by atoms with Crippen molar-refractivity contribution in [1.82, 2.24) is 0 Å². The molecule has 1 aliphatic heterocycles. The molecule has 4 N–H and O–H groups in total. The number of hydrogen-bond acceptors (Lipinski definition) is 5. The van der Waals surface area contributed by atoms with Crippen molar-refractivity contribution in [2.24, 2.45) is 0 Å². The minimum absolute atomic E-state index is 0.0162. The van der Waals surface area contributed by atoms with Gasteiger partial charge in [0.05, 0.1) is 12.7 Å². The lowest BCUT2D eigenvalue weighted by molar-refractivity contribution is -0.239. The first-order valence-electron chi connectivity index (χ1n) is 3.45. The SMILES string of the molecule is OC[C@H]1O[C@@H](O)C[C@H](O)[C@H]1O. The van der Waals surface area contributed by atoms with Crippen LogP contribution in [0.3, 0.4) is 0 Å². The second-order valence-electron chi connectivity index (χ2n) is 2.61. The van der Waals surface area contributed by atoms with Crippen molar-refractivity contribution < 1.29 is 25.2 Å². The maximum atomic E-state index is 9.11. The van der Waals surface area contributed by atoms with Crippen molar-refractivity contribution in [2.75, 3.05) is 6.61 Å². The van der Waals surface area contributed by atoms with Crippen LogP contribution in [0.15, 0.2) is 0 Å². The molecular formula is C6H12O5. The summed E-state index contributed by atoms with van der Waals surface area (Å²) in [4.78, 5) is 0. The fourth-order valence-electron chi connectivity index (χ4n) is 1.08. The standard InChI is InChI=1S/C6H12O5/c7-2-4-6(10)3(8)1-5(9)11-4/h3-10H,1-2H2/t3-,4+,5+,6+/m0/s1. The Balaban J connectivity index is 2.51. The summed E-state index contributed by atoms with van der Waals surface area (Å²) in [6.07, 6.45) is -4.11. The van der Waals surface area contributed by atoms with Crippen LogP contribution < -0.4 is 0 Å². The van der Waals surface area contributed by atoms with E-state index in [1.165, 1.54) is 0 Å². The highest BCUT2D eigenvalue weighted by Gasteiger charge is 2.35. The molecule has 0 radical (unpaired) electrons. The molecule has 0 saturated carbocycles. The molecule has 0 aliphatic carbocycles. The highest BCUT2D eigenvalue weighted by atomic mass is 16.6. The highest BCUT2D eigenvalue weighted by Crippen LogP contribution is 2.18. The van der Waals surface area contributed by atoms with Crippen LogP contribution in [0.1, 0.15) is 6.42 Å². The number of hydrogen-bond donors (Lipinski definition) is 4. The lowest BCUT2D eigenvalue weighted by Crippen LogP contribution is -2.49. The van der Waals surface area contributed by atoms with Gasteiger partial charge in [0.25, 0.3) is 0 Å². The van der Waals surface area contributed by atoms with E-state index < -0.39 is 31.2 Å². The number of aliphatic hydroxyl groups excluding tert-OH is 4. The van der Waals surface area contributed by atoms with Gasteiger partial charge in [0.2, 0.25) is 0 Å². The molecule has 1 heterocycles. The summed E-state index contributed by atoms with van der Waals surface area (Å²) in [5, 5.41) is 35.6. The van der Waals surface area contributed by atoms with Gasteiger partial charge in [-0.2, -0.15) is 0 Å². The predicted molar refractivity (Wildman–Crippen MR) is 34.6 cm³/mol. The summed E-state index contributed by atoms with van der Waals surface area (Å²) >= 11 is 0. The maximum absolute atomic E-state index is 9.11. The zero-order valence-corrected chi connectivity index (χ0v) is 5.92. The Bertz CT molecular complexity index is 128. The second kappa shape index (κ2) is 3.46. The molecular weight excluding hydrogens is 152 g/mol. The number of ether oxygens (including phenoxy) is 1. The summed E-state index contributed by atoms with van der Waals surface area (Å²) in [5.74, 6) is 0. The monoisotopic (exact) mass is 164 g/mol. The molecule has 5 heteroatoms. The zero-order valence-electron chi connectivity index (χ0n) is 5.92. The number of rotatable bonds is 1. The summed E-state index contributed by atoms with van der Waals surface area (Å²) in [7, 11) is 0. The van der Waals surface area contributed by atoms with Crippen LogP contribution in [0, 0.1) is 0 Å². The molecule has 1 rings (SSSR count). The van der Waals surface area contributed by atoms with E-state index in [1.54, 1.807) is 0 Å². The molecule has 66 valence electrons. The van der Waals surface area contributed by atoms with E-state index in [9.17, 15) is 0 Å². The van der Waals surface area contributed by atoms with Gasteiger partial charge in [-0.25, -0.2) is 0 Å². The largest absolute Gasteiger partial charge is 0.394 e. The molecule has 0 aromatic rings. The maximum Gasteiger partial charge on any atom is 0.157 e. The first-order chi connectivity index (χ1) is 5.15. The van der Waals surface area contributed by atoms with Crippen LogP contribution in [-0.2, 0) is 4.74 Å². The molecule has 1 saturated heterocycles. The van der Waals surface area contributed by atoms with Gasteiger partial charge in [-0.3, -0.25) is 0 Å². The molecule has 0 amide bonds. The molecule has 0 spiro atoms. The lowest BCUT2D eigenvalue weighted by Gasteiger charge is -2.33. The Kier molecular flexibility index (Phi) is 2.80. The Morgan fingerprint density at radius 3 is 2.45 bits per heavy atom. The van der Waals surface area contributed by atoms with Gasteiger partial charge in [-0.15, -0.1) is 0 Å². The van der Waals surface area contributed by atoms with E-state index in [0.29, 0.717) is 0 Å². The van der Waals surface area contributed by atoms with Crippen LogP contribution in [0.25, 0.3) is 0 Å². The summed E-state index contributed by atoms with van der Waals surface area (Å²) in [5.41, 5.74) is 0. The molecule has 0 aromatic heterocycles. The third kappa shape index (κ3) is 1.88. The van der Waals surface area contributed by atoms with Gasteiger partial charge in [0.15, 0.2) is 6.29 Å². The minimum Gasteiger partial charge on any atom is -0.394 e. The van der Waals surface area contributed by atoms with Crippen molar-refractivity contribution in [1.29, 1.82) is 0 Å². The van der Waals surface area contributed by atoms with Gasteiger partial charge < -0.3 is 25.2 Å².